The summed E-state index contributed by atoms with van der Waals surface area (Å²) in [7, 11) is 0. The number of rotatable bonds is 2. The third-order valence-corrected chi connectivity index (χ3v) is 1.90. The summed E-state index contributed by atoms with van der Waals surface area (Å²) < 4.78 is 57.2. The van der Waals surface area contributed by atoms with Crippen molar-refractivity contribution in [3.05, 3.63) is 41.3 Å². The SMILES string of the molecule is [CH2]c1c(F)c(F)c(C(=O)OC(C)C)c(F)c1F. The van der Waals surface area contributed by atoms with Gasteiger partial charge < -0.3 is 4.74 Å². The van der Waals surface area contributed by atoms with Gasteiger partial charge in [-0.3, -0.25) is 0 Å². The van der Waals surface area contributed by atoms with E-state index in [0.717, 1.165) is 0 Å². The predicted molar refractivity (Wildman–Crippen MR) is 51.3 cm³/mol. The molecule has 0 unspecified atom stereocenters. The van der Waals surface area contributed by atoms with Crippen LogP contribution in [0, 0.1) is 30.2 Å². The number of ether oxygens (including phenoxy) is 1. The summed E-state index contributed by atoms with van der Waals surface area (Å²) >= 11 is 0. The van der Waals surface area contributed by atoms with Gasteiger partial charge in [0, 0.05) is 5.56 Å². The first-order valence-corrected chi connectivity index (χ1v) is 4.66. The van der Waals surface area contributed by atoms with Crippen LogP contribution in [0.25, 0.3) is 0 Å². The molecule has 0 aliphatic carbocycles. The Morgan fingerprint density at radius 2 is 1.47 bits per heavy atom. The molecule has 0 saturated carbocycles. The number of hydrogen-bond acceptors (Lipinski definition) is 2. The highest BCUT2D eigenvalue weighted by Gasteiger charge is 2.29. The molecule has 0 spiro atoms. The molecule has 0 aromatic heterocycles. The summed E-state index contributed by atoms with van der Waals surface area (Å²) in [5, 5.41) is 0. The van der Waals surface area contributed by atoms with E-state index < -0.39 is 46.5 Å². The van der Waals surface area contributed by atoms with Crippen LogP contribution in [0.3, 0.4) is 0 Å². The van der Waals surface area contributed by atoms with Gasteiger partial charge in [-0.15, -0.1) is 0 Å². The Kier molecular flexibility index (Phi) is 3.75. The molecule has 1 radical (unpaired) electrons. The van der Waals surface area contributed by atoms with E-state index in [1.807, 2.05) is 0 Å². The van der Waals surface area contributed by atoms with E-state index in [1.165, 1.54) is 13.8 Å². The van der Waals surface area contributed by atoms with E-state index in [9.17, 15) is 22.4 Å². The Bertz CT molecular complexity index is 440. The number of carbonyl (C=O) groups excluding carboxylic acids is 1. The molecule has 0 fully saturated rings. The quantitative estimate of drug-likeness (QED) is 0.457. The second-order valence-electron chi connectivity index (χ2n) is 3.56. The van der Waals surface area contributed by atoms with Crippen molar-refractivity contribution in [2.24, 2.45) is 0 Å². The first kappa shape index (κ1) is 13.5. The van der Waals surface area contributed by atoms with E-state index in [-0.39, 0.29) is 0 Å². The van der Waals surface area contributed by atoms with Gasteiger partial charge in [-0.1, -0.05) is 0 Å². The maximum absolute atomic E-state index is 13.3. The van der Waals surface area contributed by atoms with Crippen LogP contribution < -0.4 is 0 Å². The molecular formula is C11H9F4O2. The number of benzene rings is 1. The van der Waals surface area contributed by atoms with E-state index in [4.69, 9.17) is 0 Å². The molecule has 6 heteroatoms. The summed E-state index contributed by atoms with van der Waals surface area (Å²) in [5.74, 6) is -8.49. The first-order valence-electron chi connectivity index (χ1n) is 4.66. The molecule has 1 aromatic carbocycles. The highest BCUT2D eigenvalue weighted by Crippen LogP contribution is 2.24. The number of esters is 1. The zero-order chi connectivity index (χ0) is 13.3. The zero-order valence-electron chi connectivity index (χ0n) is 9.11. The van der Waals surface area contributed by atoms with Crippen molar-refractivity contribution < 1.29 is 27.1 Å². The number of hydrogen-bond donors (Lipinski definition) is 0. The third-order valence-electron chi connectivity index (χ3n) is 1.90. The molecule has 1 rings (SSSR count). The second kappa shape index (κ2) is 4.73. The summed E-state index contributed by atoms with van der Waals surface area (Å²) in [4.78, 5) is 11.3. The fraction of sp³-hybridized carbons (Fsp3) is 0.273. The Hall–Kier alpha value is -1.59. The Labute approximate surface area is 95.2 Å². The molecule has 0 heterocycles. The van der Waals surface area contributed by atoms with Gasteiger partial charge in [0.1, 0.15) is 5.56 Å². The summed E-state index contributed by atoms with van der Waals surface area (Å²) in [6.07, 6.45) is -0.674. The molecule has 17 heavy (non-hydrogen) atoms. The average Bonchev–Trinajstić information content (AvgIpc) is 2.23. The van der Waals surface area contributed by atoms with Crippen molar-refractivity contribution in [1.82, 2.24) is 0 Å². The lowest BCUT2D eigenvalue weighted by Gasteiger charge is -2.11. The number of carbonyl (C=O) groups is 1. The van der Waals surface area contributed by atoms with Crippen LogP contribution in [0.4, 0.5) is 17.6 Å². The van der Waals surface area contributed by atoms with Crippen molar-refractivity contribution in [3.63, 3.8) is 0 Å². The van der Waals surface area contributed by atoms with Crippen molar-refractivity contribution in [3.8, 4) is 0 Å². The van der Waals surface area contributed by atoms with Gasteiger partial charge in [-0.2, -0.15) is 0 Å². The van der Waals surface area contributed by atoms with Gasteiger partial charge >= 0.3 is 5.97 Å². The lowest BCUT2D eigenvalue weighted by molar-refractivity contribution is 0.0364. The fourth-order valence-electron chi connectivity index (χ4n) is 1.13. The monoisotopic (exact) mass is 249 g/mol. The normalized spacial score (nSPS) is 10.8. The Balaban J connectivity index is 3.39. The van der Waals surface area contributed by atoms with Crippen LogP contribution in [0.15, 0.2) is 0 Å². The molecule has 0 aliphatic rings. The van der Waals surface area contributed by atoms with Crippen molar-refractivity contribution in [2.75, 3.05) is 0 Å². The third kappa shape index (κ3) is 2.40. The van der Waals surface area contributed by atoms with Crippen LogP contribution >= 0.6 is 0 Å². The van der Waals surface area contributed by atoms with E-state index in [0.29, 0.717) is 0 Å². The molecule has 2 nitrogen and oxygen atoms in total. The number of halogens is 4. The van der Waals surface area contributed by atoms with Crippen molar-refractivity contribution in [2.45, 2.75) is 20.0 Å². The molecule has 0 saturated heterocycles. The Morgan fingerprint density at radius 3 is 1.82 bits per heavy atom. The standard InChI is InChI=1S/C11H9F4O2/c1-4(2)17-11(16)6-9(14)7(12)5(3)8(13)10(6)15/h4H,3H2,1-2H3. The molecule has 1 aromatic rings. The second-order valence-corrected chi connectivity index (χ2v) is 3.56. The molecule has 0 aliphatic heterocycles. The largest absolute Gasteiger partial charge is 0.459 e. The van der Waals surface area contributed by atoms with Gasteiger partial charge in [0.05, 0.1) is 6.10 Å². The smallest absolute Gasteiger partial charge is 0.344 e. The summed E-state index contributed by atoms with van der Waals surface area (Å²) in [6.45, 7) is 5.67. The van der Waals surface area contributed by atoms with Crippen molar-refractivity contribution >= 4 is 5.97 Å². The first-order chi connectivity index (χ1) is 7.77. The van der Waals surface area contributed by atoms with E-state index in [2.05, 4.69) is 11.7 Å². The fourth-order valence-corrected chi connectivity index (χ4v) is 1.13. The minimum Gasteiger partial charge on any atom is -0.459 e. The van der Waals surface area contributed by atoms with E-state index in [1.54, 1.807) is 0 Å². The maximum atomic E-state index is 13.3. The molecule has 93 valence electrons. The van der Waals surface area contributed by atoms with Crippen LogP contribution in [0.1, 0.15) is 29.8 Å². The lowest BCUT2D eigenvalue weighted by Crippen LogP contribution is -2.17. The van der Waals surface area contributed by atoms with Crippen LogP contribution in [-0.2, 0) is 4.74 Å². The van der Waals surface area contributed by atoms with Gasteiger partial charge in [0.2, 0.25) is 0 Å². The predicted octanol–water partition coefficient (Wildman–Crippen LogP) is 2.99. The molecule has 0 atom stereocenters. The highest BCUT2D eigenvalue weighted by atomic mass is 19.2. The molecule has 0 bridgehead atoms. The molecule has 0 N–H and O–H groups in total. The van der Waals surface area contributed by atoms with E-state index >= 15 is 0 Å². The molecule has 0 amide bonds. The van der Waals surface area contributed by atoms with Crippen molar-refractivity contribution in [1.29, 1.82) is 0 Å². The molecular weight excluding hydrogens is 240 g/mol. The lowest BCUT2D eigenvalue weighted by atomic mass is 10.1. The van der Waals surface area contributed by atoms with Crippen LogP contribution in [0.5, 0.6) is 0 Å². The minimum absolute atomic E-state index is 0.674. The zero-order valence-corrected chi connectivity index (χ0v) is 9.11. The maximum Gasteiger partial charge on any atom is 0.344 e. The Morgan fingerprint density at radius 1 is 1.06 bits per heavy atom. The van der Waals surface area contributed by atoms with Gasteiger partial charge in [-0.25, -0.2) is 22.4 Å². The van der Waals surface area contributed by atoms with Crippen LogP contribution in [0.2, 0.25) is 0 Å². The minimum atomic E-state index is -1.81. The van der Waals surface area contributed by atoms with Crippen LogP contribution in [-0.4, -0.2) is 12.1 Å². The topological polar surface area (TPSA) is 26.3 Å². The summed E-state index contributed by atoms with van der Waals surface area (Å²) in [5.41, 5.74) is -2.46. The van der Waals surface area contributed by atoms with Gasteiger partial charge in [0.25, 0.3) is 0 Å². The average molecular weight is 249 g/mol. The van der Waals surface area contributed by atoms with Gasteiger partial charge in [0.15, 0.2) is 23.3 Å². The van der Waals surface area contributed by atoms with Gasteiger partial charge in [-0.05, 0) is 20.8 Å². The summed E-state index contributed by atoms with van der Waals surface area (Å²) in [6, 6.07) is 0. The highest BCUT2D eigenvalue weighted by molar-refractivity contribution is 5.90.